The van der Waals surface area contributed by atoms with E-state index in [4.69, 9.17) is 10.8 Å². The van der Waals surface area contributed by atoms with Gasteiger partial charge in [-0.2, -0.15) is 0 Å². The smallest absolute Gasteiger partial charge is 0.153 e. The van der Waals surface area contributed by atoms with E-state index in [9.17, 15) is 0 Å². The van der Waals surface area contributed by atoms with Crippen LogP contribution >= 0.6 is 11.3 Å². The first-order chi connectivity index (χ1) is 16.7. The molecule has 6 rings (SSSR count). The Morgan fingerprint density at radius 1 is 0.853 bits per heavy atom. The molecule has 0 saturated carbocycles. The van der Waals surface area contributed by atoms with Crippen molar-refractivity contribution in [1.82, 2.24) is 4.98 Å². The molecular weight excluding hydrogens is 434 g/mol. The summed E-state index contributed by atoms with van der Waals surface area (Å²) in [6, 6.07) is 21.2. The maximum Gasteiger partial charge on any atom is 0.153 e. The van der Waals surface area contributed by atoms with Gasteiger partial charge in [-0.25, -0.2) is 0 Å². The summed E-state index contributed by atoms with van der Waals surface area (Å²) in [7, 11) is 0. The van der Waals surface area contributed by atoms with E-state index in [-0.39, 0.29) is 0 Å². The lowest BCUT2D eigenvalue weighted by Crippen LogP contribution is -1.99. The Morgan fingerprint density at radius 2 is 1.59 bits per heavy atom. The molecule has 0 N–H and O–H groups in total. The third-order valence-electron chi connectivity index (χ3n) is 6.74. The van der Waals surface area contributed by atoms with Gasteiger partial charge in [0.1, 0.15) is 5.58 Å². The second kappa shape index (κ2) is 7.82. The first-order valence-corrected chi connectivity index (χ1v) is 12.5. The number of furan rings is 1. The Labute approximate surface area is 205 Å². The molecule has 0 atom stereocenters. The third-order valence-corrected chi connectivity index (χ3v) is 7.81. The summed E-state index contributed by atoms with van der Waals surface area (Å²) in [6.07, 6.45) is 1.94. The van der Waals surface area contributed by atoms with Crippen LogP contribution in [0.3, 0.4) is 0 Å². The first-order valence-electron chi connectivity index (χ1n) is 12.1. The molecule has 6 aromatic rings. The molecule has 0 bridgehead atoms. The van der Waals surface area contributed by atoms with E-state index in [0.29, 0.717) is 0 Å². The lowest BCUT2D eigenvalue weighted by molar-refractivity contribution is 0.674. The van der Waals surface area contributed by atoms with Crippen LogP contribution in [-0.4, -0.2) is 4.98 Å². The molecule has 0 radical (unpaired) electrons. The fourth-order valence-corrected chi connectivity index (χ4v) is 6.13. The first kappa shape index (κ1) is 20.0. The topological polar surface area (TPSA) is 26.0 Å². The number of nitrogens with zero attached hydrogens (tertiary/aromatic N) is 1. The molecule has 0 aliphatic rings. The van der Waals surface area contributed by atoms with Crippen molar-refractivity contribution in [3.8, 4) is 22.4 Å². The van der Waals surface area contributed by atoms with Gasteiger partial charge in [-0.05, 0) is 78.6 Å². The second-order valence-electron chi connectivity index (χ2n) is 9.38. The van der Waals surface area contributed by atoms with Crippen molar-refractivity contribution >= 4 is 43.4 Å². The minimum Gasteiger partial charge on any atom is -0.454 e. The molecule has 3 heteroatoms. The minimum absolute atomic E-state index is 0.788. The van der Waals surface area contributed by atoms with Crippen molar-refractivity contribution in [2.24, 2.45) is 0 Å². The number of pyridine rings is 1. The molecule has 2 nitrogen and oxygen atoms in total. The maximum absolute atomic E-state index is 8.96. The van der Waals surface area contributed by atoms with Crippen molar-refractivity contribution in [2.75, 3.05) is 0 Å². The van der Waals surface area contributed by atoms with E-state index >= 15 is 0 Å². The van der Waals surface area contributed by atoms with Crippen LogP contribution in [0, 0.1) is 20.8 Å². The van der Waals surface area contributed by atoms with Gasteiger partial charge in [0.05, 0.1) is 10.4 Å². The third kappa shape index (κ3) is 3.19. The predicted molar refractivity (Wildman–Crippen MR) is 146 cm³/mol. The van der Waals surface area contributed by atoms with Gasteiger partial charge in [0.25, 0.3) is 0 Å². The van der Waals surface area contributed by atoms with Crippen molar-refractivity contribution < 1.29 is 5.79 Å². The van der Waals surface area contributed by atoms with Crippen LogP contribution in [0.25, 0.3) is 54.4 Å². The minimum atomic E-state index is -0.788. The van der Waals surface area contributed by atoms with Gasteiger partial charge >= 0.3 is 0 Å². The van der Waals surface area contributed by atoms with Crippen molar-refractivity contribution in [2.45, 2.75) is 40.5 Å². The number of thiophene rings is 1. The van der Waals surface area contributed by atoms with E-state index in [0.717, 1.165) is 44.3 Å². The average molecular weight is 463 g/mol. The van der Waals surface area contributed by atoms with Crippen LogP contribution in [0.15, 0.2) is 71.3 Å². The van der Waals surface area contributed by atoms with E-state index in [1.807, 2.05) is 20.0 Å². The molecule has 0 saturated heterocycles. The zero-order valence-electron chi connectivity index (χ0n) is 21.1. The van der Waals surface area contributed by atoms with Gasteiger partial charge in [0.2, 0.25) is 0 Å². The number of hydrogen-bond donors (Lipinski definition) is 0. The van der Waals surface area contributed by atoms with Crippen LogP contribution in [0.5, 0.6) is 0 Å². The quantitative estimate of drug-likeness (QED) is 0.262. The Bertz CT molecular complexity index is 1750. The SMILES string of the molecule is [2H]C(C)(C)c1cc(-c2cccc3c2oc2c3ccc3cc(C)sc32)ncc1-c1c(C)cccc1C. The number of rotatable bonds is 3. The Hall–Kier alpha value is -3.43. The summed E-state index contributed by atoms with van der Waals surface area (Å²) in [4.78, 5) is 6.20. The largest absolute Gasteiger partial charge is 0.454 e. The standard InChI is InChI=1S/C31H27NOS/c1-17(2)25-15-27(32-16-26(25)28-18(3)8-6-9-19(28)4)24-11-7-10-22-23-13-12-21-14-20(5)34-31(21)30(23)33-29(22)24/h6-17H,1-5H3/i17D. The summed E-state index contributed by atoms with van der Waals surface area (Å²) >= 11 is 1.77. The molecule has 0 spiro atoms. The number of benzene rings is 3. The van der Waals surface area contributed by atoms with Gasteiger partial charge in [0, 0.05) is 34.3 Å². The van der Waals surface area contributed by atoms with Gasteiger partial charge < -0.3 is 4.42 Å². The number of aryl methyl sites for hydroxylation is 3. The highest BCUT2D eigenvalue weighted by Gasteiger charge is 2.19. The van der Waals surface area contributed by atoms with Crippen LogP contribution in [-0.2, 0) is 0 Å². The van der Waals surface area contributed by atoms with Gasteiger partial charge in [0.15, 0.2) is 5.58 Å². The lowest BCUT2D eigenvalue weighted by Gasteiger charge is -2.18. The van der Waals surface area contributed by atoms with Crippen LogP contribution in [0.2, 0.25) is 0 Å². The average Bonchev–Trinajstić information content (AvgIpc) is 3.38. The Kier molecular flexibility index (Phi) is 4.59. The summed E-state index contributed by atoms with van der Waals surface area (Å²) < 4.78 is 16.7. The molecule has 3 heterocycles. The number of aromatic nitrogens is 1. The molecule has 168 valence electrons. The zero-order chi connectivity index (χ0) is 24.5. The predicted octanol–water partition coefficient (Wildman–Crippen LogP) is 9.58. The highest BCUT2D eigenvalue weighted by molar-refractivity contribution is 7.19. The molecule has 3 aromatic carbocycles. The second-order valence-corrected chi connectivity index (χ2v) is 10.6. The van der Waals surface area contributed by atoms with Gasteiger partial charge in [-0.1, -0.05) is 50.2 Å². The highest BCUT2D eigenvalue weighted by Crippen LogP contribution is 2.42. The number of para-hydroxylation sites is 1. The van der Waals surface area contributed by atoms with Gasteiger partial charge in [-0.15, -0.1) is 11.3 Å². The van der Waals surface area contributed by atoms with E-state index < -0.39 is 5.89 Å². The van der Waals surface area contributed by atoms with Crippen molar-refractivity contribution in [1.29, 1.82) is 0 Å². The molecular formula is C31H27NOS. The highest BCUT2D eigenvalue weighted by atomic mass is 32.1. The fraction of sp³-hybridized carbons (Fsp3) is 0.194. The van der Waals surface area contributed by atoms with Crippen LogP contribution in [0.4, 0.5) is 0 Å². The number of fused-ring (bicyclic) bond motifs is 5. The van der Waals surface area contributed by atoms with Crippen molar-refractivity contribution in [3.05, 3.63) is 88.4 Å². The van der Waals surface area contributed by atoms with Crippen molar-refractivity contribution in [3.63, 3.8) is 0 Å². The fourth-order valence-electron chi connectivity index (χ4n) is 5.14. The van der Waals surface area contributed by atoms with E-state index in [1.54, 1.807) is 11.3 Å². The summed E-state index contributed by atoms with van der Waals surface area (Å²) in [5.41, 5.74) is 9.12. The monoisotopic (exact) mass is 462 g/mol. The molecule has 0 amide bonds. The maximum atomic E-state index is 8.96. The Morgan fingerprint density at radius 3 is 2.35 bits per heavy atom. The number of hydrogen-bond acceptors (Lipinski definition) is 3. The van der Waals surface area contributed by atoms with E-state index in [1.165, 1.54) is 31.7 Å². The molecule has 0 fully saturated rings. The summed E-state index contributed by atoms with van der Waals surface area (Å²) in [6.45, 7) is 10.3. The molecule has 0 aliphatic carbocycles. The van der Waals surface area contributed by atoms with Crippen LogP contribution in [0.1, 0.15) is 42.7 Å². The Balaban J connectivity index is 1.62. The normalized spacial score (nSPS) is 12.7. The lowest BCUT2D eigenvalue weighted by atomic mass is 9.88. The van der Waals surface area contributed by atoms with Crippen LogP contribution < -0.4 is 0 Å². The molecule has 0 aliphatic heterocycles. The van der Waals surface area contributed by atoms with Gasteiger partial charge in [-0.3, -0.25) is 4.98 Å². The molecule has 3 aromatic heterocycles. The van der Waals surface area contributed by atoms with E-state index in [2.05, 4.69) is 81.4 Å². The summed E-state index contributed by atoms with van der Waals surface area (Å²) in [5.74, 6) is -0.788. The molecule has 0 unspecified atom stereocenters. The molecule has 34 heavy (non-hydrogen) atoms. The zero-order valence-corrected chi connectivity index (χ0v) is 20.9. The summed E-state index contributed by atoms with van der Waals surface area (Å²) in [5, 5.41) is 3.44.